The van der Waals surface area contributed by atoms with Crippen LogP contribution >= 0.6 is 27.3 Å². The summed E-state index contributed by atoms with van der Waals surface area (Å²) in [4.78, 5) is 17.9. The zero-order valence-electron chi connectivity index (χ0n) is 12.2. The molecule has 0 saturated carbocycles. The van der Waals surface area contributed by atoms with Gasteiger partial charge in [-0.3, -0.25) is 9.36 Å². The van der Waals surface area contributed by atoms with Crippen molar-refractivity contribution in [2.24, 2.45) is 0 Å². The van der Waals surface area contributed by atoms with E-state index in [1.165, 1.54) is 15.9 Å². The topological polar surface area (TPSA) is 34.9 Å². The maximum Gasteiger partial charge on any atom is 0.262 e. The van der Waals surface area contributed by atoms with Crippen LogP contribution in [0.25, 0.3) is 21.3 Å². The molecule has 22 heavy (non-hydrogen) atoms. The number of hydrogen-bond acceptors (Lipinski definition) is 3. The van der Waals surface area contributed by atoms with E-state index in [0.717, 1.165) is 21.2 Å². The summed E-state index contributed by atoms with van der Waals surface area (Å²) in [5.41, 5.74) is 2.74. The highest BCUT2D eigenvalue weighted by atomic mass is 79.9. The summed E-state index contributed by atoms with van der Waals surface area (Å²) in [5, 5.41) is 2.51. The summed E-state index contributed by atoms with van der Waals surface area (Å²) in [5.74, 6) is 0.548. The summed E-state index contributed by atoms with van der Waals surface area (Å²) >= 11 is 4.98. The Kier molecular flexibility index (Phi) is 4.14. The molecule has 2 aromatic heterocycles. The van der Waals surface area contributed by atoms with E-state index in [1.807, 2.05) is 30.5 Å². The lowest BCUT2D eigenvalue weighted by Crippen LogP contribution is -2.24. The molecule has 0 aliphatic carbocycles. The van der Waals surface area contributed by atoms with Crippen molar-refractivity contribution in [2.75, 3.05) is 6.67 Å². The van der Waals surface area contributed by atoms with Crippen LogP contribution in [-0.2, 0) is 6.54 Å². The van der Waals surface area contributed by atoms with Gasteiger partial charge in [0.2, 0.25) is 0 Å². The van der Waals surface area contributed by atoms with Gasteiger partial charge in [-0.1, -0.05) is 33.6 Å². The van der Waals surface area contributed by atoms with Crippen molar-refractivity contribution < 1.29 is 4.39 Å². The molecule has 0 aliphatic heterocycles. The van der Waals surface area contributed by atoms with Gasteiger partial charge in [0.25, 0.3) is 5.56 Å². The molecule has 0 aliphatic rings. The predicted molar refractivity (Wildman–Crippen MR) is 92.5 cm³/mol. The molecule has 3 aromatic rings. The van der Waals surface area contributed by atoms with E-state index in [0.29, 0.717) is 16.0 Å². The number of nitrogens with zero attached hydrogens (tertiary/aromatic N) is 2. The van der Waals surface area contributed by atoms with Gasteiger partial charge in [-0.05, 0) is 25.5 Å². The SMILES string of the molecule is Cc1ccc(Br)c(-c2csc3nc(C)n(CCF)c(=O)c23)c1. The minimum absolute atomic E-state index is 0.0396. The molecule has 0 atom stereocenters. The number of benzene rings is 1. The molecule has 1 aromatic carbocycles. The Morgan fingerprint density at radius 3 is 2.82 bits per heavy atom. The summed E-state index contributed by atoms with van der Waals surface area (Å²) < 4.78 is 15.0. The second-order valence-electron chi connectivity index (χ2n) is 5.12. The fraction of sp³-hybridized carbons (Fsp3) is 0.250. The van der Waals surface area contributed by atoms with Crippen LogP contribution in [0.5, 0.6) is 0 Å². The highest BCUT2D eigenvalue weighted by Gasteiger charge is 2.16. The smallest absolute Gasteiger partial charge is 0.262 e. The monoisotopic (exact) mass is 380 g/mol. The standard InChI is InChI=1S/C16H14BrFN2OS/c1-9-3-4-13(17)11(7-9)12-8-22-15-14(12)16(21)20(6-5-18)10(2)19-15/h3-4,7-8H,5-6H2,1-2H3. The molecule has 6 heteroatoms. The van der Waals surface area contributed by atoms with Gasteiger partial charge in [0.05, 0.1) is 11.9 Å². The molecule has 3 rings (SSSR count). The molecule has 0 fully saturated rings. The Balaban J connectivity index is 2.35. The molecule has 3 nitrogen and oxygen atoms in total. The Morgan fingerprint density at radius 1 is 1.32 bits per heavy atom. The van der Waals surface area contributed by atoms with Crippen molar-refractivity contribution in [2.45, 2.75) is 20.4 Å². The minimum atomic E-state index is -0.582. The van der Waals surface area contributed by atoms with Crippen LogP contribution in [0, 0.1) is 13.8 Å². The highest BCUT2D eigenvalue weighted by Crippen LogP contribution is 2.35. The van der Waals surface area contributed by atoms with Crippen LogP contribution < -0.4 is 5.56 Å². The summed E-state index contributed by atoms with van der Waals surface area (Å²) in [6.07, 6.45) is 0. The van der Waals surface area contributed by atoms with Crippen molar-refractivity contribution >= 4 is 37.5 Å². The fourth-order valence-electron chi connectivity index (χ4n) is 2.52. The molecular formula is C16H14BrFN2OS. The van der Waals surface area contributed by atoms with E-state index in [4.69, 9.17) is 0 Å². The zero-order valence-corrected chi connectivity index (χ0v) is 14.6. The number of aromatic nitrogens is 2. The van der Waals surface area contributed by atoms with Crippen molar-refractivity contribution in [3.63, 3.8) is 0 Å². The quantitative estimate of drug-likeness (QED) is 0.671. The average Bonchev–Trinajstić information content (AvgIpc) is 2.89. The van der Waals surface area contributed by atoms with E-state index in [2.05, 4.69) is 20.9 Å². The predicted octanol–water partition coefficient (Wildman–Crippen LogP) is 4.47. The minimum Gasteiger partial charge on any atom is -0.294 e. The summed E-state index contributed by atoms with van der Waals surface area (Å²) in [6, 6.07) is 6.01. The first kappa shape index (κ1) is 15.4. The molecule has 114 valence electrons. The lowest BCUT2D eigenvalue weighted by Gasteiger charge is -2.09. The van der Waals surface area contributed by atoms with Gasteiger partial charge in [0.1, 0.15) is 17.3 Å². The third-order valence-electron chi connectivity index (χ3n) is 3.60. The van der Waals surface area contributed by atoms with Crippen molar-refractivity contribution in [1.82, 2.24) is 9.55 Å². The molecular weight excluding hydrogens is 367 g/mol. The van der Waals surface area contributed by atoms with Crippen LogP contribution in [0.1, 0.15) is 11.4 Å². The third kappa shape index (κ3) is 2.50. The number of aryl methyl sites for hydroxylation is 2. The number of halogens is 2. The van der Waals surface area contributed by atoms with Crippen molar-refractivity contribution in [3.8, 4) is 11.1 Å². The second-order valence-corrected chi connectivity index (χ2v) is 6.83. The van der Waals surface area contributed by atoms with Gasteiger partial charge < -0.3 is 0 Å². The Morgan fingerprint density at radius 2 is 2.09 bits per heavy atom. The summed E-state index contributed by atoms with van der Waals surface area (Å²) in [6.45, 7) is 3.20. The van der Waals surface area contributed by atoms with Crippen LogP contribution in [0.3, 0.4) is 0 Å². The number of hydrogen-bond donors (Lipinski definition) is 0. The maximum atomic E-state index is 12.7. The Hall–Kier alpha value is -1.53. The molecule has 0 bridgehead atoms. The number of rotatable bonds is 3. The third-order valence-corrected chi connectivity index (χ3v) is 5.17. The first-order valence-corrected chi connectivity index (χ1v) is 8.51. The molecule has 0 spiro atoms. The largest absolute Gasteiger partial charge is 0.294 e. The van der Waals surface area contributed by atoms with E-state index >= 15 is 0 Å². The Bertz CT molecular complexity index is 916. The highest BCUT2D eigenvalue weighted by molar-refractivity contribution is 9.10. The lowest BCUT2D eigenvalue weighted by atomic mass is 10.0. The lowest BCUT2D eigenvalue weighted by molar-refractivity contribution is 0.435. The van der Waals surface area contributed by atoms with Crippen LogP contribution in [0.4, 0.5) is 4.39 Å². The summed E-state index contributed by atoms with van der Waals surface area (Å²) in [7, 11) is 0. The molecule has 0 radical (unpaired) electrons. The molecule has 0 N–H and O–H groups in total. The number of fused-ring (bicyclic) bond motifs is 1. The first-order valence-electron chi connectivity index (χ1n) is 6.84. The number of alkyl halides is 1. The van der Waals surface area contributed by atoms with Gasteiger partial charge in [0.15, 0.2) is 0 Å². The average molecular weight is 381 g/mol. The van der Waals surface area contributed by atoms with Gasteiger partial charge in [-0.15, -0.1) is 11.3 Å². The maximum absolute atomic E-state index is 12.7. The van der Waals surface area contributed by atoms with E-state index in [9.17, 15) is 9.18 Å². The van der Waals surface area contributed by atoms with E-state index in [1.54, 1.807) is 6.92 Å². The fourth-order valence-corrected chi connectivity index (χ4v) is 3.95. The van der Waals surface area contributed by atoms with Gasteiger partial charge in [0, 0.05) is 15.4 Å². The van der Waals surface area contributed by atoms with Crippen LogP contribution in [0.2, 0.25) is 0 Å². The number of thiophene rings is 1. The molecule has 0 saturated heterocycles. The molecule has 0 unspecified atom stereocenters. The normalized spacial score (nSPS) is 11.3. The van der Waals surface area contributed by atoms with Gasteiger partial charge in [-0.25, -0.2) is 9.37 Å². The van der Waals surface area contributed by atoms with Crippen molar-refractivity contribution in [3.05, 3.63) is 49.8 Å². The van der Waals surface area contributed by atoms with E-state index in [-0.39, 0.29) is 12.1 Å². The molecule has 0 amide bonds. The van der Waals surface area contributed by atoms with Crippen LogP contribution in [-0.4, -0.2) is 16.2 Å². The molecule has 2 heterocycles. The zero-order chi connectivity index (χ0) is 15.9. The second kappa shape index (κ2) is 5.93. The van der Waals surface area contributed by atoms with E-state index < -0.39 is 6.67 Å². The van der Waals surface area contributed by atoms with Gasteiger partial charge in [-0.2, -0.15) is 0 Å². The van der Waals surface area contributed by atoms with Crippen molar-refractivity contribution in [1.29, 1.82) is 0 Å². The van der Waals surface area contributed by atoms with Gasteiger partial charge >= 0.3 is 0 Å². The van der Waals surface area contributed by atoms with Crippen LogP contribution in [0.15, 0.2) is 32.8 Å². The first-order chi connectivity index (χ1) is 10.5. The Labute approximate surface area is 139 Å².